The van der Waals surface area contributed by atoms with Crippen molar-refractivity contribution in [2.24, 2.45) is 0 Å². The first-order valence-corrected chi connectivity index (χ1v) is 6.65. The van der Waals surface area contributed by atoms with Gasteiger partial charge in [0.15, 0.2) is 0 Å². The highest BCUT2D eigenvalue weighted by Gasteiger charge is 2.08. The van der Waals surface area contributed by atoms with Gasteiger partial charge in [0.05, 0.1) is 0 Å². The van der Waals surface area contributed by atoms with E-state index in [4.69, 9.17) is 4.74 Å². The van der Waals surface area contributed by atoms with Gasteiger partial charge in [-0.2, -0.15) is 0 Å². The molecule has 2 nitrogen and oxygen atoms in total. The van der Waals surface area contributed by atoms with Crippen LogP contribution in [-0.2, 0) is 12.8 Å². The van der Waals surface area contributed by atoms with Crippen LogP contribution >= 0.6 is 12.4 Å². The Balaban J connectivity index is 0.00000162. The van der Waals surface area contributed by atoms with E-state index < -0.39 is 0 Å². The number of ether oxygens (including phenoxy) is 1. The van der Waals surface area contributed by atoms with Crippen LogP contribution in [0.1, 0.15) is 30.4 Å². The highest BCUT2D eigenvalue weighted by molar-refractivity contribution is 5.85. The van der Waals surface area contributed by atoms with Crippen LogP contribution in [0.3, 0.4) is 0 Å². The Kier molecular flexibility index (Phi) is 6.51. The molecule has 0 atom stereocenters. The summed E-state index contributed by atoms with van der Waals surface area (Å²) in [6, 6.07) is 6.63. The van der Waals surface area contributed by atoms with Gasteiger partial charge in [0, 0.05) is 6.54 Å². The van der Waals surface area contributed by atoms with Gasteiger partial charge in [-0.3, -0.25) is 0 Å². The third kappa shape index (κ3) is 4.51. The standard InChI is InChI=1S/C15H23NO.ClH/c1-16(2)10-11-17-15-9-8-13-6-4-3-5-7-14(13)12-15;/h8-9,12H,3-7,10-11H2,1-2H3;1H. The average Bonchev–Trinajstić information content (AvgIpc) is 2.53. The van der Waals surface area contributed by atoms with Crippen LogP contribution in [0, 0.1) is 0 Å². The predicted octanol–water partition coefficient (Wildman–Crippen LogP) is 3.32. The van der Waals surface area contributed by atoms with Gasteiger partial charge in [-0.05, 0) is 63.0 Å². The zero-order chi connectivity index (χ0) is 12.1. The largest absolute Gasteiger partial charge is 0.492 e. The second-order valence-electron chi connectivity index (χ2n) is 5.14. The molecule has 0 spiro atoms. The van der Waals surface area contributed by atoms with Crippen molar-refractivity contribution in [1.29, 1.82) is 0 Å². The highest BCUT2D eigenvalue weighted by Crippen LogP contribution is 2.24. The van der Waals surface area contributed by atoms with Crippen molar-refractivity contribution in [2.75, 3.05) is 27.2 Å². The lowest BCUT2D eigenvalue weighted by Gasteiger charge is -2.13. The lowest BCUT2D eigenvalue weighted by Crippen LogP contribution is -2.19. The molecule has 0 unspecified atom stereocenters. The Morgan fingerprint density at radius 2 is 1.78 bits per heavy atom. The quantitative estimate of drug-likeness (QED) is 0.778. The Morgan fingerprint density at radius 1 is 1.06 bits per heavy atom. The van der Waals surface area contributed by atoms with Crippen LogP contribution in [0.15, 0.2) is 18.2 Å². The minimum absolute atomic E-state index is 0. The van der Waals surface area contributed by atoms with Gasteiger partial charge in [-0.15, -0.1) is 12.4 Å². The maximum atomic E-state index is 5.78. The Labute approximate surface area is 117 Å². The van der Waals surface area contributed by atoms with E-state index in [0.717, 1.165) is 18.9 Å². The number of benzene rings is 1. The van der Waals surface area contributed by atoms with Crippen molar-refractivity contribution in [2.45, 2.75) is 32.1 Å². The number of hydrogen-bond donors (Lipinski definition) is 0. The van der Waals surface area contributed by atoms with Crippen molar-refractivity contribution in [3.63, 3.8) is 0 Å². The SMILES string of the molecule is CN(C)CCOc1ccc2c(c1)CCCCC2.Cl. The van der Waals surface area contributed by atoms with Crippen molar-refractivity contribution < 1.29 is 4.74 Å². The molecule has 1 aliphatic rings. The number of halogens is 1. The minimum Gasteiger partial charge on any atom is -0.492 e. The summed E-state index contributed by atoms with van der Waals surface area (Å²) < 4.78 is 5.78. The first-order valence-electron chi connectivity index (χ1n) is 6.65. The molecule has 0 fully saturated rings. The molecular formula is C15H24ClNO. The lowest BCUT2D eigenvalue weighted by atomic mass is 10.0. The molecule has 0 saturated carbocycles. The normalized spacial score (nSPS) is 14.6. The van der Waals surface area contributed by atoms with Crippen molar-refractivity contribution in [1.82, 2.24) is 4.90 Å². The Morgan fingerprint density at radius 3 is 2.50 bits per heavy atom. The first kappa shape index (κ1) is 15.3. The first-order chi connectivity index (χ1) is 8.25. The van der Waals surface area contributed by atoms with Crippen molar-refractivity contribution >= 4 is 12.4 Å². The van der Waals surface area contributed by atoms with Crippen LogP contribution in [-0.4, -0.2) is 32.1 Å². The summed E-state index contributed by atoms with van der Waals surface area (Å²) in [5, 5.41) is 0. The monoisotopic (exact) mass is 269 g/mol. The Bertz CT molecular complexity index is 366. The fourth-order valence-corrected chi connectivity index (χ4v) is 2.32. The minimum atomic E-state index is 0. The second kappa shape index (κ2) is 7.65. The molecule has 102 valence electrons. The number of likely N-dealkylation sites (N-methyl/N-ethyl adjacent to an activating group) is 1. The molecule has 0 amide bonds. The van der Waals surface area contributed by atoms with Crippen LogP contribution in [0.2, 0.25) is 0 Å². The van der Waals surface area contributed by atoms with Crippen LogP contribution in [0.25, 0.3) is 0 Å². The van der Waals surface area contributed by atoms with Gasteiger partial charge < -0.3 is 9.64 Å². The van der Waals surface area contributed by atoms with Gasteiger partial charge in [-0.1, -0.05) is 12.5 Å². The van der Waals surface area contributed by atoms with E-state index in [9.17, 15) is 0 Å². The van der Waals surface area contributed by atoms with E-state index >= 15 is 0 Å². The van der Waals surface area contributed by atoms with Crippen molar-refractivity contribution in [3.05, 3.63) is 29.3 Å². The average molecular weight is 270 g/mol. The topological polar surface area (TPSA) is 12.5 Å². The van der Waals surface area contributed by atoms with E-state index in [-0.39, 0.29) is 12.4 Å². The molecular weight excluding hydrogens is 246 g/mol. The molecule has 0 N–H and O–H groups in total. The zero-order valence-corrected chi connectivity index (χ0v) is 12.3. The second-order valence-corrected chi connectivity index (χ2v) is 5.14. The van der Waals surface area contributed by atoms with Gasteiger partial charge in [0.1, 0.15) is 12.4 Å². The third-order valence-corrected chi connectivity index (χ3v) is 3.38. The van der Waals surface area contributed by atoms with Gasteiger partial charge in [-0.25, -0.2) is 0 Å². The molecule has 3 heteroatoms. The molecule has 0 aliphatic heterocycles. The summed E-state index contributed by atoms with van der Waals surface area (Å²) >= 11 is 0. The van der Waals surface area contributed by atoms with E-state index in [2.05, 4.69) is 37.2 Å². The van der Waals surface area contributed by atoms with Crippen LogP contribution in [0.5, 0.6) is 5.75 Å². The summed E-state index contributed by atoms with van der Waals surface area (Å²) in [6.45, 7) is 1.74. The summed E-state index contributed by atoms with van der Waals surface area (Å²) in [5.41, 5.74) is 3.03. The van der Waals surface area contributed by atoms with E-state index in [1.165, 1.54) is 43.2 Å². The van der Waals surface area contributed by atoms with Crippen molar-refractivity contribution in [3.8, 4) is 5.75 Å². The van der Waals surface area contributed by atoms with E-state index in [1.807, 2.05) is 0 Å². The molecule has 0 radical (unpaired) electrons. The Hall–Kier alpha value is -0.730. The van der Waals surface area contributed by atoms with Crippen LogP contribution in [0.4, 0.5) is 0 Å². The maximum Gasteiger partial charge on any atom is 0.119 e. The van der Waals surface area contributed by atoms with Gasteiger partial charge in [0.2, 0.25) is 0 Å². The molecule has 2 rings (SSSR count). The molecule has 1 aromatic carbocycles. The molecule has 0 aromatic heterocycles. The maximum absolute atomic E-state index is 5.78. The molecule has 1 aromatic rings. The summed E-state index contributed by atoms with van der Waals surface area (Å²) in [7, 11) is 4.14. The molecule has 1 aliphatic carbocycles. The molecule has 0 heterocycles. The van der Waals surface area contributed by atoms with Crippen LogP contribution < -0.4 is 4.74 Å². The lowest BCUT2D eigenvalue weighted by molar-refractivity contribution is 0.261. The fraction of sp³-hybridized carbons (Fsp3) is 0.600. The third-order valence-electron chi connectivity index (χ3n) is 3.38. The molecule has 0 saturated heterocycles. The van der Waals surface area contributed by atoms with Gasteiger partial charge >= 0.3 is 0 Å². The molecule has 18 heavy (non-hydrogen) atoms. The van der Waals surface area contributed by atoms with E-state index in [1.54, 1.807) is 0 Å². The highest BCUT2D eigenvalue weighted by atomic mass is 35.5. The smallest absolute Gasteiger partial charge is 0.119 e. The number of hydrogen-bond acceptors (Lipinski definition) is 2. The van der Waals surface area contributed by atoms with Gasteiger partial charge in [0.25, 0.3) is 0 Å². The number of rotatable bonds is 4. The number of nitrogens with zero attached hydrogens (tertiary/aromatic N) is 1. The summed E-state index contributed by atoms with van der Waals surface area (Å²) in [4.78, 5) is 2.14. The summed E-state index contributed by atoms with van der Waals surface area (Å²) in [5.74, 6) is 1.03. The zero-order valence-electron chi connectivity index (χ0n) is 11.4. The number of aryl methyl sites for hydroxylation is 2. The van der Waals surface area contributed by atoms with E-state index in [0.29, 0.717) is 0 Å². The molecule has 0 bridgehead atoms. The summed E-state index contributed by atoms with van der Waals surface area (Å²) in [6.07, 6.45) is 6.50. The fourth-order valence-electron chi connectivity index (χ4n) is 2.32. The number of fused-ring (bicyclic) bond motifs is 1. The predicted molar refractivity (Wildman–Crippen MR) is 79.0 cm³/mol.